The van der Waals surface area contributed by atoms with E-state index >= 15 is 0 Å². The molecule has 0 saturated carbocycles. The van der Waals surface area contributed by atoms with E-state index in [1.807, 2.05) is 25.7 Å². The SMILES string of the molecule is Cc1nc2ncnn2c(C)c1CCC(=O)N1CCCC(C(C)O)C1. The monoisotopic (exact) mass is 331 g/mol. The van der Waals surface area contributed by atoms with Crippen LogP contribution in [0.15, 0.2) is 6.33 Å². The van der Waals surface area contributed by atoms with Gasteiger partial charge < -0.3 is 10.0 Å². The summed E-state index contributed by atoms with van der Waals surface area (Å²) in [5.41, 5.74) is 2.95. The summed E-state index contributed by atoms with van der Waals surface area (Å²) in [5, 5.41) is 14.0. The molecule has 1 N–H and O–H groups in total. The molecule has 2 aromatic rings. The average Bonchev–Trinajstić information content (AvgIpc) is 3.03. The van der Waals surface area contributed by atoms with Gasteiger partial charge in [0.1, 0.15) is 6.33 Å². The molecule has 1 aliphatic heterocycles. The minimum absolute atomic E-state index is 0.151. The van der Waals surface area contributed by atoms with E-state index in [1.165, 1.54) is 6.33 Å². The standard InChI is InChI=1S/C17H25N5O2/c1-11-15(12(2)22-17(20-11)18-10-19-22)6-7-16(24)21-8-4-5-14(9-21)13(3)23/h10,13-14,23H,4-9H2,1-3H3. The van der Waals surface area contributed by atoms with Crippen molar-refractivity contribution in [2.75, 3.05) is 13.1 Å². The first-order chi connectivity index (χ1) is 11.5. The zero-order chi connectivity index (χ0) is 17.3. The predicted molar refractivity (Wildman–Crippen MR) is 89.6 cm³/mol. The summed E-state index contributed by atoms with van der Waals surface area (Å²) in [4.78, 5) is 23.0. The number of aliphatic hydroxyl groups is 1. The molecule has 0 bridgehead atoms. The highest BCUT2D eigenvalue weighted by atomic mass is 16.3. The van der Waals surface area contributed by atoms with E-state index in [-0.39, 0.29) is 17.9 Å². The summed E-state index contributed by atoms with van der Waals surface area (Å²) in [6.07, 6.45) is 4.20. The van der Waals surface area contributed by atoms with Crippen LogP contribution in [0.4, 0.5) is 0 Å². The Morgan fingerprint density at radius 3 is 3.00 bits per heavy atom. The van der Waals surface area contributed by atoms with Crippen LogP contribution in [-0.2, 0) is 11.2 Å². The molecule has 0 spiro atoms. The number of fused-ring (bicyclic) bond motifs is 1. The molecule has 2 atom stereocenters. The molecule has 2 aromatic heterocycles. The van der Waals surface area contributed by atoms with Gasteiger partial charge in [0.25, 0.3) is 5.78 Å². The summed E-state index contributed by atoms with van der Waals surface area (Å²) in [6.45, 7) is 7.20. The van der Waals surface area contributed by atoms with Crippen LogP contribution in [0.25, 0.3) is 5.78 Å². The second-order valence-corrected chi connectivity index (χ2v) is 6.72. The number of aryl methyl sites for hydroxylation is 2. The molecule has 130 valence electrons. The molecule has 3 heterocycles. The molecule has 0 aliphatic carbocycles. The van der Waals surface area contributed by atoms with E-state index in [0.717, 1.165) is 36.3 Å². The maximum Gasteiger partial charge on any atom is 0.252 e. The van der Waals surface area contributed by atoms with Gasteiger partial charge in [-0.2, -0.15) is 10.1 Å². The number of amides is 1. The number of piperidine rings is 1. The highest BCUT2D eigenvalue weighted by molar-refractivity contribution is 5.76. The number of likely N-dealkylation sites (tertiary alicyclic amines) is 1. The van der Waals surface area contributed by atoms with Gasteiger partial charge in [-0.05, 0) is 45.6 Å². The van der Waals surface area contributed by atoms with Crippen LogP contribution in [0.3, 0.4) is 0 Å². The topological polar surface area (TPSA) is 83.6 Å². The van der Waals surface area contributed by atoms with E-state index in [0.29, 0.717) is 25.2 Å². The Labute approximate surface area is 141 Å². The lowest BCUT2D eigenvalue weighted by Gasteiger charge is -2.34. The average molecular weight is 331 g/mol. The van der Waals surface area contributed by atoms with Crippen molar-refractivity contribution in [3.05, 3.63) is 23.3 Å². The third-order valence-electron chi connectivity index (χ3n) is 5.07. The molecule has 1 saturated heterocycles. The number of aliphatic hydroxyl groups excluding tert-OH is 1. The quantitative estimate of drug-likeness (QED) is 0.913. The number of carbonyl (C=O) groups excluding carboxylic acids is 1. The molecule has 0 aromatic carbocycles. The molecule has 1 fully saturated rings. The van der Waals surface area contributed by atoms with Crippen LogP contribution < -0.4 is 0 Å². The predicted octanol–water partition coefficient (Wildman–Crippen LogP) is 1.29. The number of hydrogen-bond donors (Lipinski definition) is 1. The highest BCUT2D eigenvalue weighted by Crippen LogP contribution is 2.21. The Balaban J connectivity index is 1.68. The second kappa shape index (κ2) is 6.84. The van der Waals surface area contributed by atoms with Gasteiger partial charge in [-0.15, -0.1) is 0 Å². The fourth-order valence-electron chi connectivity index (χ4n) is 3.54. The Morgan fingerprint density at radius 2 is 2.25 bits per heavy atom. The lowest BCUT2D eigenvalue weighted by Crippen LogP contribution is -2.43. The first-order valence-electron chi connectivity index (χ1n) is 8.59. The van der Waals surface area contributed by atoms with Crippen molar-refractivity contribution in [3.63, 3.8) is 0 Å². The maximum atomic E-state index is 12.6. The Kier molecular flexibility index (Phi) is 4.80. The first kappa shape index (κ1) is 16.8. The molecular weight excluding hydrogens is 306 g/mol. The second-order valence-electron chi connectivity index (χ2n) is 6.72. The van der Waals surface area contributed by atoms with Crippen LogP contribution in [-0.4, -0.2) is 54.7 Å². The van der Waals surface area contributed by atoms with Gasteiger partial charge in [0.05, 0.1) is 6.10 Å². The largest absolute Gasteiger partial charge is 0.393 e. The smallest absolute Gasteiger partial charge is 0.252 e. The summed E-state index contributed by atoms with van der Waals surface area (Å²) in [5.74, 6) is 0.938. The molecular formula is C17H25N5O2. The van der Waals surface area contributed by atoms with Crippen molar-refractivity contribution in [1.82, 2.24) is 24.5 Å². The Bertz CT molecular complexity index is 740. The van der Waals surface area contributed by atoms with Crippen LogP contribution in [0, 0.1) is 19.8 Å². The van der Waals surface area contributed by atoms with Gasteiger partial charge in [-0.1, -0.05) is 0 Å². The van der Waals surface area contributed by atoms with Crippen LogP contribution in [0.5, 0.6) is 0 Å². The summed E-state index contributed by atoms with van der Waals surface area (Å²) < 4.78 is 1.72. The third-order valence-corrected chi connectivity index (χ3v) is 5.07. The van der Waals surface area contributed by atoms with Gasteiger partial charge >= 0.3 is 0 Å². The molecule has 1 aliphatic rings. The first-order valence-corrected chi connectivity index (χ1v) is 8.59. The van der Waals surface area contributed by atoms with Crippen LogP contribution in [0.2, 0.25) is 0 Å². The number of hydrogen-bond acceptors (Lipinski definition) is 5. The third kappa shape index (κ3) is 3.26. The van der Waals surface area contributed by atoms with Crippen molar-refractivity contribution < 1.29 is 9.90 Å². The normalized spacial score (nSPS) is 19.7. The molecule has 0 radical (unpaired) electrons. The number of aromatic nitrogens is 4. The molecule has 3 rings (SSSR count). The van der Waals surface area contributed by atoms with Crippen molar-refractivity contribution in [1.29, 1.82) is 0 Å². The van der Waals surface area contributed by atoms with Crippen LogP contribution in [0.1, 0.15) is 43.1 Å². The van der Waals surface area contributed by atoms with Crippen molar-refractivity contribution in [2.24, 2.45) is 5.92 Å². The Hall–Kier alpha value is -2.02. The van der Waals surface area contributed by atoms with Crippen molar-refractivity contribution >= 4 is 11.7 Å². The summed E-state index contributed by atoms with van der Waals surface area (Å²) >= 11 is 0. The van der Waals surface area contributed by atoms with E-state index in [2.05, 4.69) is 15.1 Å². The van der Waals surface area contributed by atoms with Gasteiger partial charge in [-0.3, -0.25) is 4.79 Å². The lowest BCUT2D eigenvalue weighted by molar-refractivity contribution is -0.133. The molecule has 1 amide bonds. The fourth-order valence-corrected chi connectivity index (χ4v) is 3.54. The highest BCUT2D eigenvalue weighted by Gasteiger charge is 2.26. The van der Waals surface area contributed by atoms with E-state index < -0.39 is 0 Å². The minimum Gasteiger partial charge on any atom is -0.393 e. The minimum atomic E-state index is -0.357. The molecule has 24 heavy (non-hydrogen) atoms. The fraction of sp³-hybridized carbons (Fsp3) is 0.647. The summed E-state index contributed by atoms with van der Waals surface area (Å²) in [6, 6.07) is 0. The van der Waals surface area contributed by atoms with E-state index in [4.69, 9.17) is 0 Å². The Morgan fingerprint density at radius 1 is 1.46 bits per heavy atom. The zero-order valence-corrected chi connectivity index (χ0v) is 14.6. The van der Waals surface area contributed by atoms with Gasteiger partial charge in [0.2, 0.25) is 5.91 Å². The number of rotatable bonds is 4. The number of carbonyl (C=O) groups is 1. The van der Waals surface area contributed by atoms with E-state index in [1.54, 1.807) is 4.52 Å². The lowest BCUT2D eigenvalue weighted by atomic mass is 9.93. The van der Waals surface area contributed by atoms with Gasteiger partial charge in [0.15, 0.2) is 0 Å². The molecule has 7 nitrogen and oxygen atoms in total. The number of nitrogens with zero attached hydrogens (tertiary/aromatic N) is 5. The van der Waals surface area contributed by atoms with E-state index in [9.17, 15) is 9.90 Å². The molecule has 2 unspecified atom stereocenters. The van der Waals surface area contributed by atoms with Crippen molar-refractivity contribution in [3.8, 4) is 0 Å². The summed E-state index contributed by atoms with van der Waals surface area (Å²) in [7, 11) is 0. The van der Waals surface area contributed by atoms with Gasteiger partial charge in [0, 0.05) is 36.8 Å². The zero-order valence-electron chi connectivity index (χ0n) is 14.6. The van der Waals surface area contributed by atoms with Gasteiger partial charge in [-0.25, -0.2) is 9.50 Å². The van der Waals surface area contributed by atoms with Crippen molar-refractivity contribution in [2.45, 2.75) is 52.6 Å². The maximum absolute atomic E-state index is 12.6. The molecule has 7 heteroatoms. The van der Waals surface area contributed by atoms with Crippen LogP contribution >= 0.6 is 0 Å².